The molecule has 1 heterocycles. The number of aliphatic hydroxyl groups excluding tert-OH is 1. The second-order valence-electron chi connectivity index (χ2n) is 4.09. The molecular weight excluding hydrogens is 178 g/mol. The molecule has 4 heteroatoms. The van der Waals surface area contributed by atoms with E-state index in [1.807, 2.05) is 0 Å². The second kappa shape index (κ2) is 4.55. The summed E-state index contributed by atoms with van der Waals surface area (Å²) in [4.78, 5) is 0. The highest BCUT2D eigenvalue weighted by molar-refractivity contribution is 4.98. The van der Waals surface area contributed by atoms with Crippen LogP contribution in [0.4, 0.5) is 0 Å². The molecule has 1 unspecified atom stereocenters. The summed E-state index contributed by atoms with van der Waals surface area (Å²) in [5.74, 6) is 0.377. The molecule has 4 nitrogen and oxygen atoms in total. The van der Waals surface area contributed by atoms with Gasteiger partial charge in [0.1, 0.15) is 11.8 Å². The highest BCUT2D eigenvalue weighted by Gasteiger charge is 2.23. The smallest absolute Gasteiger partial charge is 0.111 e. The quantitative estimate of drug-likeness (QED) is 0.707. The lowest BCUT2D eigenvalue weighted by Gasteiger charge is -2.18. The Kier molecular flexibility index (Phi) is 3.14. The average molecular weight is 195 g/mol. The SMILES string of the molecule is OC(c1cn[nH]n1)C1CCCCCC1. The maximum Gasteiger partial charge on any atom is 0.111 e. The summed E-state index contributed by atoms with van der Waals surface area (Å²) in [5.41, 5.74) is 0.692. The summed E-state index contributed by atoms with van der Waals surface area (Å²) in [6, 6.07) is 0. The van der Waals surface area contributed by atoms with Crippen LogP contribution in [0.25, 0.3) is 0 Å². The molecule has 1 atom stereocenters. The van der Waals surface area contributed by atoms with Crippen LogP contribution in [-0.4, -0.2) is 20.5 Å². The van der Waals surface area contributed by atoms with E-state index in [2.05, 4.69) is 15.4 Å². The van der Waals surface area contributed by atoms with Gasteiger partial charge >= 0.3 is 0 Å². The largest absolute Gasteiger partial charge is 0.386 e. The van der Waals surface area contributed by atoms with Gasteiger partial charge in [0.05, 0.1) is 6.20 Å². The Morgan fingerprint density at radius 2 is 2.00 bits per heavy atom. The highest BCUT2D eigenvalue weighted by Crippen LogP contribution is 2.32. The fraction of sp³-hybridized carbons (Fsp3) is 0.800. The van der Waals surface area contributed by atoms with E-state index in [1.54, 1.807) is 6.20 Å². The standard InChI is InChI=1S/C10H17N3O/c14-10(9-7-11-13-12-9)8-5-3-1-2-4-6-8/h7-8,10,14H,1-6H2,(H,11,12,13). The fourth-order valence-electron chi connectivity index (χ4n) is 2.22. The van der Waals surface area contributed by atoms with Gasteiger partial charge in [-0.25, -0.2) is 0 Å². The van der Waals surface area contributed by atoms with Crippen molar-refractivity contribution in [2.75, 3.05) is 0 Å². The van der Waals surface area contributed by atoms with Crippen LogP contribution in [0.15, 0.2) is 6.20 Å². The molecule has 1 saturated carbocycles. The first-order chi connectivity index (χ1) is 6.88. The third-order valence-electron chi connectivity index (χ3n) is 3.08. The van der Waals surface area contributed by atoms with Gasteiger partial charge in [0.25, 0.3) is 0 Å². The van der Waals surface area contributed by atoms with Crippen molar-refractivity contribution < 1.29 is 5.11 Å². The number of aliphatic hydroxyl groups is 1. The number of aromatic nitrogens is 3. The zero-order valence-corrected chi connectivity index (χ0v) is 8.32. The molecule has 0 saturated heterocycles. The van der Waals surface area contributed by atoms with Crippen LogP contribution >= 0.6 is 0 Å². The monoisotopic (exact) mass is 195 g/mol. The third kappa shape index (κ3) is 2.12. The molecule has 0 bridgehead atoms. The summed E-state index contributed by atoms with van der Waals surface area (Å²) in [6.07, 6.45) is 8.52. The van der Waals surface area contributed by atoms with Crippen LogP contribution in [-0.2, 0) is 0 Å². The van der Waals surface area contributed by atoms with E-state index in [0.717, 1.165) is 12.8 Å². The summed E-state index contributed by atoms with van der Waals surface area (Å²) in [5, 5.41) is 20.2. The van der Waals surface area contributed by atoms with Crippen molar-refractivity contribution in [2.24, 2.45) is 5.92 Å². The van der Waals surface area contributed by atoms with Crippen molar-refractivity contribution in [2.45, 2.75) is 44.6 Å². The van der Waals surface area contributed by atoms with E-state index in [9.17, 15) is 5.11 Å². The van der Waals surface area contributed by atoms with Crippen LogP contribution in [0.2, 0.25) is 0 Å². The molecule has 1 aliphatic carbocycles. The number of rotatable bonds is 2. The summed E-state index contributed by atoms with van der Waals surface area (Å²) in [7, 11) is 0. The first-order valence-corrected chi connectivity index (χ1v) is 5.41. The van der Waals surface area contributed by atoms with Crippen LogP contribution < -0.4 is 0 Å². The first-order valence-electron chi connectivity index (χ1n) is 5.41. The number of hydrogen-bond donors (Lipinski definition) is 2. The molecule has 0 amide bonds. The Balaban J connectivity index is 1.99. The molecule has 78 valence electrons. The minimum absolute atomic E-state index is 0.377. The van der Waals surface area contributed by atoms with Crippen molar-refractivity contribution in [1.29, 1.82) is 0 Å². The van der Waals surface area contributed by atoms with Gasteiger partial charge in [-0.1, -0.05) is 25.7 Å². The lowest BCUT2D eigenvalue weighted by Crippen LogP contribution is -2.12. The van der Waals surface area contributed by atoms with E-state index in [4.69, 9.17) is 0 Å². The molecule has 0 radical (unpaired) electrons. The van der Waals surface area contributed by atoms with Gasteiger partial charge < -0.3 is 5.11 Å². The van der Waals surface area contributed by atoms with Crippen LogP contribution in [0.1, 0.15) is 50.3 Å². The number of aromatic amines is 1. The lowest BCUT2D eigenvalue weighted by atomic mass is 9.92. The molecule has 14 heavy (non-hydrogen) atoms. The van der Waals surface area contributed by atoms with E-state index in [-0.39, 0.29) is 0 Å². The van der Waals surface area contributed by atoms with Crippen LogP contribution in [0, 0.1) is 5.92 Å². The van der Waals surface area contributed by atoms with Crippen LogP contribution in [0.5, 0.6) is 0 Å². The zero-order valence-electron chi connectivity index (χ0n) is 8.32. The van der Waals surface area contributed by atoms with E-state index >= 15 is 0 Å². The van der Waals surface area contributed by atoms with Gasteiger partial charge in [0.2, 0.25) is 0 Å². The molecule has 1 aromatic rings. The van der Waals surface area contributed by atoms with Crippen molar-refractivity contribution in [3.63, 3.8) is 0 Å². The third-order valence-corrected chi connectivity index (χ3v) is 3.08. The summed E-state index contributed by atoms with van der Waals surface area (Å²) in [6.45, 7) is 0. The Bertz CT molecular complexity index is 252. The van der Waals surface area contributed by atoms with Crippen LogP contribution in [0.3, 0.4) is 0 Å². The van der Waals surface area contributed by atoms with Gasteiger partial charge in [-0.2, -0.15) is 15.4 Å². The van der Waals surface area contributed by atoms with Crippen molar-refractivity contribution >= 4 is 0 Å². The predicted molar refractivity (Wildman–Crippen MR) is 52.5 cm³/mol. The molecule has 1 aromatic heterocycles. The van der Waals surface area contributed by atoms with Gasteiger partial charge in [0, 0.05) is 0 Å². The molecule has 0 aliphatic heterocycles. The minimum atomic E-state index is -0.424. The molecule has 2 rings (SSSR count). The van der Waals surface area contributed by atoms with E-state index in [0.29, 0.717) is 11.6 Å². The van der Waals surface area contributed by atoms with Crippen molar-refractivity contribution in [3.05, 3.63) is 11.9 Å². The van der Waals surface area contributed by atoms with E-state index < -0.39 is 6.10 Å². The normalized spacial score (nSPS) is 21.8. The molecular formula is C10H17N3O. The van der Waals surface area contributed by atoms with Crippen molar-refractivity contribution in [1.82, 2.24) is 15.4 Å². The number of nitrogens with zero attached hydrogens (tertiary/aromatic N) is 2. The summed E-state index contributed by atoms with van der Waals surface area (Å²) < 4.78 is 0. The predicted octanol–water partition coefficient (Wildman–Crippen LogP) is 1.81. The molecule has 1 fully saturated rings. The molecule has 0 spiro atoms. The molecule has 2 N–H and O–H groups in total. The lowest BCUT2D eigenvalue weighted by molar-refractivity contribution is 0.0947. The second-order valence-corrected chi connectivity index (χ2v) is 4.09. The topological polar surface area (TPSA) is 61.8 Å². The number of hydrogen-bond acceptors (Lipinski definition) is 3. The zero-order chi connectivity index (χ0) is 9.80. The van der Waals surface area contributed by atoms with Crippen molar-refractivity contribution in [3.8, 4) is 0 Å². The fourth-order valence-corrected chi connectivity index (χ4v) is 2.22. The number of nitrogens with one attached hydrogen (secondary N) is 1. The Hall–Kier alpha value is -0.900. The summed E-state index contributed by atoms with van der Waals surface area (Å²) >= 11 is 0. The van der Waals surface area contributed by atoms with Gasteiger partial charge in [-0.15, -0.1) is 0 Å². The van der Waals surface area contributed by atoms with Gasteiger partial charge in [-0.3, -0.25) is 0 Å². The van der Waals surface area contributed by atoms with Gasteiger partial charge in [-0.05, 0) is 18.8 Å². The Morgan fingerprint density at radius 3 is 2.57 bits per heavy atom. The maximum absolute atomic E-state index is 10.0. The molecule has 1 aliphatic rings. The Morgan fingerprint density at radius 1 is 1.29 bits per heavy atom. The Labute approximate surface area is 83.7 Å². The highest BCUT2D eigenvalue weighted by atomic mass is 16.3. The average Bonchev–Trinajstić information content (AvgIpc) is 2.59. The maximum atomic E-state index is 10.0. The van der Waals surface area contributed by atoms with E-state index in [1.165, 1.54) is 25.7 Å². The molecule has 0 aromatic carbocycles. The first kappa shape index (κ1) is 9.65. The number of H-pyrrole nitrogens is 1. The van der Waals surface area contributed by atoms with Gasteiger partial charge in [0.15, 0.2) is 0 Å². The minimum Gasteiger partial charge on any atom is -0.386 e.